The molecule has 0 amide bonds. The number of hydrogen-bond donors (Lipinski definition) is 1. The quantitative estimate of drug-likeness (QED) is 0.685. The van der Waals surface area contributed by atoms with Gasteiger partial charge in [0.25, 0.3) is 0 Å². The van der Waals surface area contributed by atoms with Crippen LogP contribution in [-0.4, -0.2) is 27.3 Å². The van der Waals surface area contributed by atoms with Crippen molar-refractivity contribution in [1.82, 2.24) is 4.57 Å². The van der Waals surface area contributed by atoms with Crippen LogP contribution in [0.4, 0.5) is 18.9 Å². The zero-order chi connectivity index (χ0) is 21.2. The van der Waals surface area contributed by atoms with E-state index in [9.17, 15) is 23.1 Å². The number of esters is 1. The summed E-state index contributed by atoms with van der Waals surface area (Å²) in [6.07, 6.45) is -1.04. The predicted octanol–water partition coefficient (Wildman–Crippen LogP) is 5.24. The maximum Gasteiger partial charge on any atom is 0.416 e. The van der Waals surface area contributed by atoms with Crippen LogP contribution in [0.1, 0.15) is 18.2 Å². The number of aromatic nitrogens is 1. The van der Waals surface area contributed by atoms with Crippen molar-refractivity contribution in [2.75, 3.05) is 6.61 Å². The molecule has 0 unspecified atom stereocenters. The third-order valence-corrected chi connectivity index (χ3v) is 5.06. The van der Waals surface area contributed by atoms with Gasteiger partial charge >= 0.3 is 12.1 Å². The summed E-state index contributed by atoms with van der Waals surface area (Å²) in [5.41, 5.74) is -0.248. The summed E-state index contributed by atoms with van der Waals surface area (Å²) in [4.78, 5) is 16.9. The lowest BCUT2D eigenvalue weighted by atomic mass is 10.2. The Balaban J connectivity index is 2.06. The number of aliphatic hydroxyl groups excluding tert-OH is 1. The second-order valence-corrected chi connectivity index (χ2v) is 7.09. The lowest BCUT2D eigenvalue weighted by Crippen LogP contribution is -2.13. The van der Waals surface area contributed by atoms with Crippen LogP contribution >= 0.6 is 11.8 Å². The van der Waals surface area contributed by atoms with Gasteiger partial charge in [-0.1, -0.05) is 17.8 Å². The largest absolute Gasteiger partial charge is 0.506 e. The third kappa shape index (κ3) is 4.56. The van der Waals surface area contributed by atoms with Crippen molar-refractivity contribution in [3.05, 3.63) is 70.1 Å². The van der Waals surface area contributed by atoms with E-state index in [2.05, 4.69) is 4.99 Å². The molecule has 0 bridgehead atoms. The Morgan fingerprint density at radius 2 is 2.07 bits per heavy atom. The number of aliphatic imine (C=N–C) groups is 1. The lowest BCUT2D eigenvalue weighted by molar-refractivity contribution is -0.138. The molecule has 3 rings (SSSR count). The van der Waals surface area contributed by atoms with Gasteiger partial charge in [0.1, 0.15) is 16.4 Å². The number of halogens is 3. The van der Waals surface area contributed by atoms with Crippen LogP contribution in [0.2, 0.25) is 0 Å². The van der Waals surface area contributed by atoms with Gasteiger partial charge in [-0.3, -0.25) is 0 Å². The maximum absolute atomic E-state index is 13.0. The second-order valence-electron chi connectivity index (χ2n) is 6.06. The fourth-order valence-electron chi connectivity index (χ4n) is 2.62. The Hall–Kier alpha value is -2.94. The smallest absolute Gasteiger partial charge is 0.416 e. The molecule has 0 spiro atoms. The summed E-state index contributed by atoms with van der Waals surface area (Å²) >= 11 is 0.988. The molecule has 2 heterocycles. The molecule has 2 aromatic rings. The minimum absolute atomic E-state index is 0.0111. The second kappa shape index (κ2) is 8.20. The molecule has 0 atom stereocenters. The van der Waals surface area contributed by atoms with E-state index in [0.717, 1.165) is 29.6 Å². The Kier molecular flexibility index (Phi) is 5.88. The molecule has 0 fully saturated rings. The van der Waals surface area contributed by atoms with Gasteiger partial charge in [-0.05, 0) is 43.3 Å². The zero-order valence-electron chi connectivity index (χ0n) is 15.5. The molecular weight excluding hydrogens is 405 g/mol. The monoisotopic (exact) mass is 422 g/mol. The summed E-state index contributed by atoms with van der Waals surface area (Å²) in [5, 5.41) is 10.7. The van der Waals surface area contributed by atoms with Crippen LogP contribution in [0.25, 0.3) is 6.08 Å². The van der Waals surface area contributed by atoms with Crippen molar-refractivity contribution in [2.45, 2.75) is 13.1 Å². The fraction of sp³-hybridized carbons (Fsp3) is 0.200. The van der Waals surface area contributed by atoms with Crippen molar-refractivity contribution >= 4 is 34.5 Å². The topological polar surface area (TPSA) is 63.8 Å². The molecule has 1 aliphatic heterocycles. The van der Waals surface area contributed by atoms with E-state index >= 15 is 0 Å². The van der Waals surface area contributed by atoms with Gasteiger partial charge in [-0.25, -0.2) is 9.79 Å². The van der Waals surface area contributed by atoms with E-state index in [4.69, 9.17) is 4.74 Å². The molecule has 1 aliphatic rings. The van der Waals surface area contributed by atoms with E-state index < -0.39 is 17.7 Å². The van der Waals surface area contributed by atoms with Crippen LogP contribution < -0.4 is 0 Å². The van der Waals surface area contributed by atoms with Crippen molar-refractivity contribution in [3.8, 4) is 0 Å². The van der Waals surface area contributed by atoms with Gasteiger partial charge in [0.05, 0.1) is 22.8 Å². The first-order valence-electron chi connectivity index (χ1n) is 8.58. The normalized spacial score (nSPS) is 17.4. The van der Waals surface area contributed by atoms with E-state index in [1.54, 1.807) is 13.0 Å². The molecule has 1 N–H and O–H groups in total. The van der Waals surface area contributed by atoms with E-state index in [1.807, 2.05) is 29.9 Å². The number of nitrogens with zero attached hydrogens (tertiary/aromatic N) is 2. The number of carbonyl (C=O) groups excluding carboxylic acids is 1. The highest BCUT2D eigenvalue weighted by molar-refractivity contribution is 8.18. The van der Waals surface area contributed by atoms with Gasteiger partial charge in [0.2, 0.25) is 0 Å². The number of alkyl halides is 3. The van der Waals surface area contributed by atoms with Gasteiger partial charge in [-0.15, -0.1) is 0 Å². The van der Waals surface area contributed by atoms with E-state index in [0.29, 0.717) is 4.91 Å². The Morgan fingerprint density at radius 3 is 2.69 bits per heavy atom. The summed E-state index contributed by atoms with van der Waals surface area (Å²) in [7, 11) is 1.82. The molecule has 9 heteroatoms. The van der Waals surface area contributed by atoms with Crippen molar-refractivity contribution in [3.63, 3.8) is 0 Å². The number of hydrogen-bond acceptors (Lipinski definition) is 5. The molecular formula is C20H17F3N2O3S. The first kappa shape index (κ1) is 20.8. The van der Waals surface area contributed by atoms with Crippen molar-refractivity contribution in [2.24, 2.45) is 12.0 Å². The molecule has 29 heavy (non-hydrogen) atoms. The third-order valence-electron chi connectivity index (χ3n) is 4.04. The number of rotatable bonds is 4. The summed E-state index contributed by atoms with van der Waals surface area (Å²) in [6.45, 7) is 1.69. The number of thioether (sulfide) groups is 1. The minimum Gasteiger partial charge on any atom is -0.506 e. The lowest BCUT2D eigenvalue weighted by Gasteiger charge is -2.07. The highest BCUT2D eigenvalue weighted by Crippen LogP contribution is 2.40. The number of benzene rings is 1. The predicted molar refractivity (Wildman–Crippen MR) is 106 cm³/mol. The summed E-state index contributed by atoms with van der Waals surface area (Å²) in [5.74, 6) is -1.11. The molecule has 0 saturated heterocycles. The number of carbonyl (C=O) groups is 1. The maximum atomic E-state index is 13.0. The zero-order valence-corrected chi connectivity index (χ0v) is 16.3. The van der Waals surface area contributed by atoms with Gasteiger partial charge in [0, 0.05) is 18.9 Å². The summed E-state index contributed by atoms with van der Waals surface area (Å²) in [6, 6.07) is 8.07. The highest BCUT2D eigenvalue weighted by atomic mass is 32.2. The van der Waals surface area contributed by atoms with Gasteiger partial charge in [-0.2, -0.15) is 13.2 Å². The first-order chi connectivity index (χ1) is 13.7. The Bertz CT molecular complexity index is 1040. The van der Waals surface area contributed by atoms with Crippen LogP contribution in [-0.2, 0) is 22.8 Å². The minimum atomic E-state index is -4.52. The molecule has 0 saturated carbocycles. The van der Waals surface area contributed by atoms with Gasteiger partial charge < -0.3 is 14.4 Å². The Morgan fingerprint density at radius 1 is 1.31 bits per heavy atom. The van der Waals surface area contributed by atoms with Crippen LogP contribution in [0, 0.1) is 0 Å². The molecule has 0 aliphatic carbocycles. The van der Waals surface area contributed by atoms with Gasteiger partial charge in [0.15, 0.2) is 0 Å². The van der Waals surface area contributed by atoms with E-state index in [-0.39, 0.29) is 28.7 Å². The van der Waals surface area contributed by atoms with Crippen molar-refractivity contribution < 1.29 is 27.8 Å². The number of aryl methyl sites for hydroxylation is 1. The SMILES string of the molecule is CCOC(=O)C1=C(O)/C(=C\c2cccn2C)SC1=Nc1cccc(C(F)(F)F)c1. The summed E-state index contributed by atoms with van der Waals surface area (Å²) < 4.78 is 45.7. The van der Waals surface area contributed by atoms with Crippen LogP contribution in [0.5, 0.6) is 0 Å². The Labute approximate surface area is 169 Å². The molecule has 1 aromatic carbocycles. The average Bonchev–Trinajstić information content (AvgIpc) is 3.18. The highest BCUT2D eigenvalue weighted by Gasteiger charge is 2.34. The number of ether oxygens (including phenoxy) is 1. The van der Waals surface area contributed by atoms with E-state index in [1.165, 1.54) is 12.1 Å². The fourth-order valence-corrected chi connectivity index (χ4v) is 3.64. The van der Waals surface area contributed by atoms with Crippen LogP contribution in [0.3, 0.4) is 0 Å². The molecule has 0 radical (unpaired) electrons. The molecule has 5 nitrogen and oxygen atoms in total. The van der Waals surface area contributed by atoms with Crippen LogP contribution in [0.15, 0.2) is 63.8 Å². The molecule has 152 valence electrons. The average molecular weight is 422 g/mol. The molecule has 1 aromatic heterocycles. The number of aliphatic hydroxyl groups is 1. The first-order valence-corrected chi connectivity index (χ1v) is 9.40. The van der Waals surface area contributed by atoms with Crippen molar-refractivity contribution in [1.29, 1.82) is 0 Å². The standard InChI is InChI=1S/C20H17F3N2O3S/c1-3-28-19(27)16-17(26)15(11-14-8-5-9-25(14)2)29-18(16)24-13-7-4-6-12(10-13)20(21,22)23/h4-11,26H,3H2,1-2H3/b15-11+,24-18?.